The summed E-state index contributed by atoms with van der Waals surface area (Å²) < 4.78 is 7.16. The quantitative estimate of drug-likeness (QED) is 0.591. The molecule has 150 valence electrons. The highest BCUT2D eigenvalue weighted by atomic mass is 16.5. The Morgan fingerprint density at radius 1 is 1.32 bits per heavy atom. The lowest BCUT2D eigenvalue weighted by molar-refractivity contribution is 0.177. The first-order valence-electron chi connectivity index (χ1n) is 10.2. The van der Waals surface area contributed by atoms with E-state index < -0.39 is 0 Å². The van der Waals surface area contributed by atoms with Crippen LogP contribution in [-0.2, 0) is 24.3 Å². The number of aryl methyl sites for hydroxylation is 2. The van der Waals surface area contributed by atoms with Gasteiger partial charge in [-0.25, -0.2) is 9.67 Å². The number of benzene rings is 1. The molecule has 0 bridgehead atoms. The zero-order valence-corrected chi connectivity index (χ0v) is 17.0. The molecule has 1 saturated carbocycles. The fraction of sp³-hybridized carbons (Fsp3) is 0.571. The van der Waals surface area contributed by atoms with Crippen molar-refractivity contribution in [2.75, 3.05) is 13.7 Å². The minimum Gasteiger partial charge on any atom is -0.377 e. The van der Waals surface area contributed by atoms with Crippen LogP contribution in [0.5, 0.6) is 0 Å². The molecule has 3 atom stereocenters. The van der Waals surface area contributed by atoms with Gasteiger partial charge in [-0.1, -0.05) is 24.3 Å². The van der Waals surface area contributed by atoms with Crippen LogP contribution in [0.25, 0.3) is 0 Å². The van der Waals surface area contributed by atoms with Crippen LogP contribution in [0, 0.1) is 6.92 Å². The van der Waals surface area contributed by atoms with E-state index in [0.717, 1.165) is 50.0 Å². The Hall–Kier alpha value is -2.41. The van der Waals surface area contributed by atoms with Gasteiger partial charge in [0.2, 0.25) is 0 Å². The molecule has 7 heteroatoms. The van der Waals surface area contributed by atoms with Gasteiger partial charge < -0.3 is 15.4 Å². The zero-order chi connectivity index (χ0) is 19.5. The molecule has 1 fully saturated rings. The zero-order valence-electron chi connectivity index (χ0n) is 17.0. The summed E-state index contributed by atoms with van der Waals surface area (Å²) in [6.45, 7) is 6.30. The van der Waals surface area contributed by atoms with Crippen LogP contribution in [0.15, 0.2) is 29.3 Å². The predicted molar refractivity (Wildman–Crippen MR) is 109 cm³/mol. The molecule has 4 rings (SSSR count). The van der Waals surface area contributed by atoms with Gasteiger partial charge in [0.25, 0.3) is 0 Å². The van der Waals surface area contributed by atoms with E-state index in [0.29, 0.717) is 24.6 Å². The first-order chi connectivity index (χ1) is 13.7. The van der Waals surface area contributed by atoms with Crippen LogP contribution < -0.4 is 10.6 Å². The minimum absolute atomic E-state index is 0.304. The van der Waals surface area contributed by atoms with Crippen molar-refractivity contribution in [2.45, 2.75) is 64.3 Å². The average molecular weight is 383 g/mol. The number of guanidine groups is 1. The number of aromatic nitrogens is 3. The number of methoxy groups -OCH3 is 1. The van der Waals surface area contributed by atoms with Crippen molar-refractivity contribution in [3.63, 3.8) is 0 Å². The van der Waals surface area contributed by atoms with Gasteiger partial charge in [-0.05, 0) is 37.8 Å². The Morgan fingerprint density at radius 3 is 2.96 bits per heavy atom. The minimum atomic E-state index is 0.304. The predicted octanol–water partition coefficient (Wildman–Crippen LogP) is 2.16. The van der Waals surface area contributed by atoms with E-state index >= 15 is 0 Å². The lowest BCUT2D eigenvalue weighted by atomic mass is 10.0. The van der Waals surface area contributed by atoms with Crippen molar-refractivity contribution < 1.29 is 4.74 Å². The number of ether oxygens (including phenoxy) is 1. The van der Waals surface area contributed by atoms with Gasteiger partial charge in [-0.2, -0.15) is 5.10 Å². The van der Waals surface area contributed by atoms with Crippen LogP contribution in [0.3, 0.4) is 0 Å². The van der Waals surface area contributed by atoms with Crippen LogP contribution in [-0.4, -0.2) is 46.5 Å². The highest BCUT2D eigenvalue weighted by molar-refractivity contribution is 5.81. The van der Waals surface area contributed by atoms with Crippen LogP contribution in [0.4, 0.5) is 0 Å². The van der Waals surface area contributed by atoms with Crippen molar-refractivity contribution in [2.24, 2.45) is 4.99 Å². The Morgan fingerprint density at radius 2 is 2.18 bits per heavy atom. The number of aliphatic imine (C=N–C) groups is 1. The molecule has 1 aliphatic heterocycles. The lowest BCUT2D eigenvalue weighted by Gasteiger charge is -2.25. The Bertz CT molecular complexity index is 845. The Labute approximate surface area is 166 Å². The number of nitrogens with one attached hydrogen (secondary N) is 2. The van der Waals surface area contributed by atoms with Gasteiger partial charge in [0.05, 0.1) is 6.54 Å². The molecular weight excluding hydrogens is 352 g/mol. The van der Waals surface area contributed by atoms with Crippen LogP contribution in [0.2, 0.25) is 0 Å². The molecule has 2 heterocycles. The van der Waals surface area contributed by atoms with Gasteiger partial charge in [-0.15, -0.1) is 0 Å². The fourth-order valence-corrected chi connectivity index (χ4v) is 4.03. The van der Waals surface area contributed by atoms with E-state index in [9.17, 15) is 0 Å². The highest BCUT2D eigenvalue weighted by Gasteiger charge is 2.40. The lowest BCUT2D eigenvalue weighted by Crippen LogP contribution is -2.48. The number of hydrogen-bond acceptors (Lipinski definition) is 4. The standard InChI is InChI=1S/C21H30N6O/c1-4-22-21(24-18-11-17(18)16-8-6-5-7-14(16)2)23-15-9-10-20-25-19(13-28-3)26-27(20)12-15/h5-8,15,17-18H,4,9-13H2,1-3H3,(H2,22,23,24). The first kappa shape index (κ1) is 18.9. The summed E-state index contributed by atoms with van der Waals surface area (Å²) in [4.78, 5) is 9.22. The summed E-state index contributed by atoms with van der Waals surface area (Å²) in [5.74, 6) is 3.30. The molecule has 0 amide bonds. The van der Waals surface area contributed by atoms with Gasteiger partial charge in [0, 0.05) is 38.1 Å². The van der Waals surface area contributed by atoms with Crippen molar-refractivity contribution in [3.8, 4) is 0 Å². The van der Waals surface area contributed by atoms with Crippen molar-refractivity contribution in [1.29, 1.82) is 0 Å². The van der Waals surface area contributed by atoms with E-state index in [1.165, 1.54) is 11.1 Å². The topological polar surface area (TPSA) is 76.4 Å². The maximum Gasteiger partial charge on any atom is 0.191 e. The van der Waals surface area contributed by atoms with Crippen molar-refractivity contribution in [1.82, 2.24) is 25.4 Å². The molecule has 2 aromatic rings. The molecule has 7 nitrogen and oxygen atoms in total. The molecule has 1 aromatic carbocycles. The van der Waals surface area contributed by atoms with E-state index in [1.54, 1.807) is 7.11 Å². The second-order valence-electron chi connectivity index (χ2n) is 7.71. The van der Waals surface area contributed by atoms with Crippen molar-refractivity contribution in [3.05, 3.63) is 47.0 Å². The summed E-state index contributed by atoms with van der Waals surface area (Å²) in [7, 11) is 1.67. The number of rotatable bonds is 6. The number of hydrogen-bond donors (Lipinski definition) is 2. The molecule has 0 saturated heterocycles. The van der Waals surface area contributed by atoms with Gasteiger partial charge >= 0.3 is 0 Å². The Balaban J connectivity index is 1.36. The summed E-state index contributed by atoms with van der Waals surface area (Å²) in [5.41, 5.74) is 2.82. The molecule has 2 aliphatic rings. The summed E-state index contributed by atoms with van der Waals surface area (Å²) in [5, 5.41) is 11.8. The Kier molecular flexibility index (Phi) is 5.62. The molecule has 3 unspecified atom stereocenters. The first-order valence-corrected chi connectivity index (χ1v) is 10.2. The average Bonchev–Trinajstić information content (AvgIpc) is 3.31. The third-order valence-corrected chi connectivity index (χ3v) is 5.53. The highest BCUT2D eigenvalue weighted by Crippen LogP contribution is 2.42. The van der Waals surface area contributed by atoms with Crippen molar-refractivity contribution >= 4 is 5.96 Å². The third kappa shape index (κ3) is 4.19. The SMILES string of the molecule is CCN=C(NC1CCc2nc(COC)nn2C1)NC1CC1c1ccccc1C. The third-order valence-electron chi connectivity index (χ3n) is 5.53. The summed E-state index contributed by atoms with van der Waals surface area (Å²) in [6.07, 6.45) is 3.11. The van der Waals surface area contributed by atoms with E-state index in [-0.39, 0.29) is 0 Å². The van der Waals surface area contributed by atoms with Gasteiger partial charge in [0.15, 0.2) is 11.8 Å². The largest absolute Gasteiger partial charge is 0.377 e. The maximum absolute atomic E-state index is 5.15. The normalized spacial score (nSPS) is 24.0. The summed E-state index contributed by atoms with van der Waals surface area (Å²) in [6, 6.07) is 9.44. The molecule has 28 heavy (non-hydrogen) atoms. The second-order valence-corrected chi connectivity index (χ2v) is 7.71. The second kappa shape index (κ2) is 8.31. The van der Waals surface area contributed by atoms with E-state index in [4.69, 9.17) is 4.74 Å². The molecular formula is C21H30N6O. The molecule has 0 spiro atoms. The number of nitrogens with zero attached hydrogens (tertiary/aromatic N) is 4. The number of fused-ring (bicyclic) bond motifs is 1. The molecule has 1 aliphatic carbocycles. The van der Waals surface area contributed by atoms with E-state index in [1.807, 2.05) is 4.68 Å². The monoisotopic (exact) mass is 382 g/mol. The summed E-state index contributed by atoms with van der Waals surface area (Å²) >= 11 is 0. The van der Waals surface area contributed by atoms with Gasteiger partial charge in [0.1, 0.15) is 12.4 Å². The fourth-order valence-electron chi connectivity index (χ4n) is 4.03. The molecule has 0 radical (unpaired) electrons. The van der Waals surface area contributed by atoms with E-state index in [2.05, 4.69) is 63.8 Å². The van der Waals surface area contributed by atoms with Gasteiger partial charge in [-0.3, -0.25) is 4.99 Å². The molecule has 1 aromatic heterocycles. The van der Waals surface area contributed by atoms with Crippen LogP contribution in [0.1, 0.15) is 48.5 Å². The smallest absolute Gasteiger partial charge is 0.191 e. The van der Waals surface area contributed by atoms with Crippen LogP contribution >= 0.6 is 0 Å². The molecule has 2 N–H and O–H groups in total. The maximum atomic E-state index is 5.15.